The standard InChI is InChI=1S/C14H21N/c1-3-5-10-13(9-4-2)15-14-11-7-6-8-12-14/h5-8,10-13,15H,3-4,9H2,1-2H3/b10-5+. The van der Waals surface area contributed by atoms with E-state index in [1.807, 2.05) is 6.07 Å². The van der Waals surface area contributed by atoms with E-state index in [0.29, 0.717) is 6.04 Å². The third kappa shape index (κ3) is 4.68. The molecule has 15 heavy (non-hydrogen) atoms. The minimum absolute atomic E-state index is 0.470. The summed E-state index contributed by atoms with van der Waals surface area (Å²) in [6, 6.07) is 10.9. The highest BCUT2D eigenvalue weighted by Crippen LogP contribution is 2.11. The number of hydrogen-bond donors (Lipinski definition) is 1. The van der Waals surface area contributed by atoms with Gasteiger partial charge < -0.3 is 5.32 Å². The number of allylic oxidation sites excluding steroid dienone is 1. The Hall–Kier alpha value is -1.24. The molecule has 0 aliphatic rings. The number of nitrogens with one attached hydrogen (secondary N) is 1. The molecule has 0 aliphatic carbocycles. The van der Waals surface area contributed by atoms with Crippen molar-refractivity contribution in [2.75, 3.05) is 5.32 Å². The fourth-order valence-electron chi connectivity index (χ4n) is 1.58. The van der Waals surface area contributed by atoms with E-state index in [4.69, 9.17) is 0 Å². The van der Waals surface area contributed by atoms with Gasteiger partial charge in [-0.3, -0.25) is 0 Å². The predicted octanol–water partition coefficient (Wildman–Crippen LogP) is 4.23. The minimum atomic E-state index is 0.470. The minimum Gasteiger partial charge on any atom is -0.379 e. The van der Waals surface area contributed by atoms with Crippen molar-refractivity contribution in [1.29, 1.82) is 0 Å². The van der Waals surface area contributed by atoms with Crippen molar-refractivity contribution in [2.45, 2.75) is 39.2 Å². The first-order valence-corrected chi connectivity index (χ1v) is 5.85. The zero-order valence-corrected chi connectivity index (χ0v) is 9.74. The first kappa shape index (κ1) is 11.8. The molecule has 1 unspecified atom stereocenters. The summed E-state index contributed by atoms with van der Waals surface area (Å²) >= 11 is 0. The molecule has 0 aliphatic heterocycles. The number of para-hydroxylation sites is 1. The van der Waals surface area contributed by atoms with Crippen LogP contribution < -0.4 is 5.32 Å². The summed E-state index contributed by atoms with van der Waals surface area (Å²) in [7, 11) is 0. The van der Waals surface area contributed by atoms with Crippen molar-refractivity contribution in [3.8, 4) is 0 Å². The Kier molecular flexibility index (Phi) is 5.60. The van der Waals surface area contributed by atoms with Crippen molar-refractivity contribution in [3.63, 3.8) is 0 Å². The first-order chi connectivity index (χ1) is 7.36. The summed E-state index contributed by atoms with van der Waals surface area (Å²) in [5.41, 5.74) is 1.21. The Labute approximate surface area is 93.2 Å². The molecule has 1 atom stereocenters. The van der Waals surface area contributed by atoms with E-state index < -0.39 is 0 Å². The van der Waals surface area contributed by atoms with Crippen molar-refractivity contribution in [1.82, 2.24) is 0 Å². The normalized spacial score (nSPS) is 12.9. The van der Waals surface area contributed by atoms with Crippen LogP contribution in [0, 0.1) is 0 Å². The van der Waals surface area contributed by atoms with E-state index >= 15 is 0 Å². The maximum Gasteiger partial charge on any atom is 0.0444 e. The highest BCUT2D eigenvalue weighted by molar-refractivity contribution is 5.44. The molecule has 1 aromatic carbocycles. The van der Waals surface area contributed by atoms with Crippen LogP contribution in [-0.2, 0) is 0 Å². The fourth-order valence-corrected chi connectivity index (χ4v) is 1.58. The van der Waals surface area contributed by atoms with Gasteiger partial charge in [-0.05, 0) is 25.0 Å². The second-order valence-corrected chi connectivity index (χ2v) is 3.74. The van der Waals surface area contributed by atoms with Crippen LogP contribution in [0.5, 0.6) is 0 Å². The van der Waals surface area contributed by atoms with Gasteiger partial charge in [0.2, 0.25) is 0 Å². The van der Waals surface area contributed by atoms with Gasteiger partial charge in [0.1, 0.15) is 0 Å². The van der Waals surface area contributed by atoms with Gasteiger partial charge in [0, 0.05) is 11.7 Å². The SMILES string of the molecule is CC/C=C/C(CCC)Nc1ccccc1. The molecule has 1 aromatic rings. The lowest BCUT2D eigenvalue weighted by Crippen LogP contribution is -2.16. The van der Waals surface area contributed by atoms with Crippen LogP contribution in [0.25, 0.3) is 0 Å². The molecule has 0 saturated heterocycles. The van der Waals surface area contributed by atoms with Gasteiger partial charge in [0.15, 0.2) is 0 Å². The van der Waals surface area contributed by atoms with Gasteiger partial charge in [-0.2, -0.15) is 0 Å². The van der Waals surface area contributed by atoms with Crippen LogP contribution in [0.3, 0.4) is 0 Å². The molecule has 0 radical (unpaired) electrons. The highest BCUT2D eigenvalue weighted by Gasteiger charge is 2.01. The molecule has 1 nitrogen and oxygen atoms in total. The Bertz CT molecular complexity index is 277. The summed E-state index contributed by atoms with van der Waals surface area (Å²) in [6.07, 6.45) is 8.01. The molecule has 0 amide bonds. The van der Waals surface area contributed by atoms with Crippen molar-refractivity contribution in [3.05, 3.63) is 42.5 Å². The second kappa shape index (κ2) is 7.10. The Morgan fingerprint density at radius 3 is 2.53 bits per heavy atom. The van der Waals surface area contributed by atoms with Gasteiger partial charge in [-0.1, -0.05) is 50.6 Å². The maximum atomic E-state index is 3.53. The average Bonchev–Trinajstić information content (AvgIpc) is 2.28. The summed E-state index contributed by atoms with van der Waals surface area (Å²) in [6.45, 7) is 4.39. The summed E-state index contributed by atoms with van der Waals surface area (Å²) < 4.78 is 0. The third-order valence-corrected chi connectivity index (χ3v) is 2.33. The number of rotatable bonds is 6. The molecule has 0 saturated carbocycles. The first-order valence-electron chi connectivity index (χ1n) is 5.85. The van der Waals surface area contributed by atoms with Crippen LogP contribution in [0.1, 0.15) is 33.1 Å². The molecular weight excluding hydrogens is 182 g/mol. The molecule has 0 heterocycles. The molecule has 1 rings (SSSR count). The zero-order valence-electron chi connectivity index (χ0n) is 9.74. The van der Waals surface area contributed by atoms with Gasteiger partial charge in [-0.25, -0.2) is 0 Å². The van der Waals surface area contributed by atoms with Crippen LogP contribution in [0.15, 0.2) is 42.5 Å². The van der Waals surface area contributed by atoms with E-state index in [9.17, 15) is 0 Å². The summed E-state index contributed by atoms with van der Waals surface area (Å²) in [5, 5.41) is 3.53. The molecule has 82 valence electrons. The smallest absolute Gasteiger partial charge is 0.0444 e. The lowest BCUT2D eigenvalue weighted by atomic mass is 10.1. The fraction of sp³-hybridized carbons (Fsp3) is 0.429. The monoisotopic (exact) mass is 203 g/mol. The zero-order chi connectivity index (χ0) is 10.9. The van der Waals surface area contributed by atoms with Gasteiger partial charge in [0.25, 0.3) is 0 Å². The average molecular weight is 203 g/mol. The summed E-state index contributed by atoms with van der Waals surface area (Å²) in [4.78, 5) is 0. The number of anilines is 1. The molecule has 0 aromatic heterocycles. The van der Waals surface area contributed by atoms with Crippen LogP contribution in [0.4, 0.5) is 5.69 Å². The molecule has 1 heteroatoms. The lowest BCUT2D eigenvalue weighted by Gasteiger charge is -2.15. The molecule has 0 bridgehead atoms. The maximum absolute atomic E-state index is 3.53. The van der Waals surface area contributed by atoms with E-state index in [1.165, 1.54) is 18.5 Å². The third-order valence-electron chi connectivity index (χ3n) is 2.33. The van der Waals surface area contributed by atoms with Crippen molar-refractivity contribution >= 4 is 5.69 Å². The Balaban J connectivity index is 2.54. The van der Waals surface area contributed by atoms with E-state index in [-0.39, 0.29) is 0 Å². The highest BCUT2D eigenvalue weighted by atomic mass is 14.9. The summed E-state index contributed by atoms with van der Waals surface area (Å²) in [5.74, 6) is 0. The largest absolute Gasteiger partial charge is 0.379 e. The molecular formula is C14H21N. The van der Waals surface area contributed by atoms with E-state index in [0.717, 1.165) is 6.42 Å². The topological polar surface area (TPSA) is 12.0 Å². The van der Waals surface area contributed by atoms with E-state index in [2.05, 4.69) is 55.6 Å². The van der Waals surface area contributed by atoms with Gasteiger partial charge in [-0.15, -0.1) is 0 Å². The van der Waals surface area contributed by atoms with Crippen molar-refractivity contribution in [2.24, 2.45) is 0 Å². The Morgan fingerprint density at radius 1 is 1.20 bits per heavy atom. The van der Waals surface area contributed by atoms with Gasteiger partial charge in [0.05, 0.1) is 0 Å². The molecule has 0 spiro atoms. The number of hydrogen-bond acceptors (Lipinski definition) is 1. The second-order valence-electron chi connectivity index (χ2n) is 3.74. The lowest BCUT2D eigenvalue weighted by molar-refractivity contribution is 0.737. The predicted molar refractivity (Wildman–Crippen MR) is 68.2 cm³/mol. The van der Waals surface area contributed by atoms with Crippen molar-refractivity contribution < 1.29 is 0 Å². The number of benzene rings is 1. The van der Waals surface area contributed by atoms with Crippen LogP contribution in [0.2, 0.25) is 0 Å². The molecule has 1 N–H and O–H groups in total. The van der Waals surface area contributed by atoms with Crippen LogP contribution >= 0.6 is 0 Å². The quantitative estimate of drug-likeness (QED) is 0.682. The molecule has 0 fully saturated rings. The Morgan fingerprint density at radius 2 is 1.93 bits per heavy atom. The van der Waals surface area contributed by atoms with Gasteiger partial charge >= 0.3 is 0 Å². The van der Waals surface area contributed by atoms with Crippen LogP contribution in [-0.4, -0.2) is 6.04 Å². The van der Waals surface area contributed by atoms with E-state index in [1.54, 1.807) is 0 Å².